The van der Waals surface area contributed by atoms with Crippen LogP contribution in [0.15, 0.2) is 72.8 Å². The standard InChI is InChI=1S/C28H32N2O2/c1-21-4-10-24(11-5-21)27(28(31)25-12-6-22(2)7-13-25)30-18-16-29(17-19-30)20-23-8-14-26(32-3)15-9-23/h4-15,27H,16-20H2,1-3H3. The van der Waals surface area contributed by atoms with Crippen LogP contribution in [0.3, 0.4) is 0 Å². The van der Waals surface area contributed by atoms with E-state index in [0.29, 0.717) is 0 Å². The van der Waals surface area contributed by atoms with Crippen LogP contribution in [0.4, 0.5) is 0 Å². The summed E-state index contributed by atoms with van der Waals surface area (Å²) >= 11 is 0. The normalized spacial score (nSPS) is 16.0. The molecule has 1 aliphatic heterocycles. The quantitative estimate of drug-likeness (QED) is 0.493. The molecule has 1 atom stereocenters. The van der Waals surface area contributed by atoms with Gasteiger partial charge in [-0.1, -0.05) is 71.8 Å². The highest BCUT2D eigenvalue weighted by Crippen LogP contribution is 2.27. The number of hydrogen-bond donors (Lipinski definition) is 0. The number of ether oxygens (including phenoxy) is 1. The molecule has 1 unspecified atom stereocenters. The summed E-state index contributed by atoms with van der Waals surface area (Å²) in [5.41, 5.74) is 5.51. The lowest BCUT2D eigenvalue weighted by atomic mass is 9.94. The van der Waals surface area contributed by atoms with Crippen LogP contribution >= 0.6 is 0 Å². The Morgan fingerprint density at radius 1 is 0.812 bits per heavy atom. The molecule has 3 aromatic carbocycles. The van der Waals surface area contributed by atoms with E-state index in [9.17, 15) is 4.79 Å². The predicted molar refractivity (Wildman–Crippen MR) is 129 cm³/mol. The molecular formula is C28H32N2O2. The summed E-state index contributed by atoms with van der Waals surface area (Å²) in [6.07, 6.45) is 0. The summed E-state index contributed by atoms with van der Waals surface area (Å²) in [5.74, 6) is 1.06. The number of benzene rings is 3. The third-order valence-corrected chi connectivity index (χ3v) is 6.31. The summed E-state index contributed by atoms with van der Waals surface area (Å²) < 4.78 is 5.26. The molecule has 1 saturated heterocycles. The van der Waals surface area contributed by atoms with Gasteiger partial charge in [0.25, 0.3) is 0 Å². The number of aryl methyl sites for hydroxylation is 2. The van der Waals surface area contributed by atoms with Gasteiger partial charge in [-0.05, 0) is 37.1 Å². The highest BCUT2D eigenvalue weighted by Gasteiger charge is 2.31. The number of carbonyl (C=O) groups excluding carboxylic acids is 1. The monoisotopic (exact) mass is 428 g/mol. The summed E-state index contributed by atoms with van der Waals surface area (Å²) in [6, 6.07) is 24.4. The maximum absolute atomic E-state index is 13.6. The zero-order chi connectivity index (χ0) is 22.5. The highest BCUT2D eigenvalue weighted by molar-refractivity contribution is 6.00. The molecule has 1 heterocycles. The molecule has 3 aromatic rings. The van der Waals surface area contributed by atoms with Gasteiger partial charge < -0.3 is 4.74 Å². The average Bonchev–Trinajstić information content (AvgIpc) is 2.82. The van der Waals surface area contributed by atoms with Gasteiger partial charge in [-0.2, -0.15) is 0 Å². The maximum atomic E-state index is 13.6. The third kappa shape index (κ3) is 5.26. The second-order valence-electron chi connectivity index (χ2n) is 8.70. The van der Waals surface area contributed by atoms with E-state index in [2.05, 4.69) is 53.1 Å². The van der Waals surface area contributed by atoms with Crippen molar-refractivity contribution in [2.24, 2.45) is 0 Å². The van der Waals surface area contributed by atoms with Crippen LogP contribution in [0.5, 0.6) is 5.75 Å². The first-order valence-electron chi connectivity index (χ1n) is 11.3. The molecule has 0 N–H and O–H groups in total. The van der Waals surface area contributed by atoms with Crippen LogP contribution < -0.4 is 4.74 Å². The molecule has 0 bridgehead atoms. The second kappa shape index (κ2) is 10.1. The Kier molecular flexibility index (Phi) is 7.03. The van der Waals surface area contributed by atoms with Crippen LogP contribution in [-0.2, 0) is 6.54 Å². The van der Waals surface area contributed by atoms with Crippen molar-refractivity contribution in [3.05, 3.63) is 101 Å². The van der Waals surface area contributed by atoms with E-state index in [1.807, 2.05) is 43.3 Å². The van der Waals surface area contributed by atoms with Gasteiger partial charge in [0.05, 0.1) is 13.2 Å². The number of ketones is 1. The van der Waals surface area contributed by atoms with Gasteiger partial charge in [0.1, 0.15) is 5.75 Å². The fraction of sp³-hybridized carbons (Fsp3) is 0.321. The van der Waals surface area contributed by atoms with Gasteiger partial charge in [-0.15, -0.1) is 0 Å². The van der Waals surface area contributed by atoms with E-state index in [1.54, 1.807) is 7.11 Å². The maximum Gasteiger partial charge on any atom is 0.184 e. The Bertz CT molecular complexity index is 1020. The molecular weight excluding hydrogens is 396 g/mol. The Morgan fingerprint density at radius 3 is 1.94 bits per heavy atom. The third-order valence-electron chi connectivity index (χ3n) is 6.31. The molecule has 0 aromatic heterocycles. The molecule has 4 heteroatoms. The number of carbonyl (C=O) groups is 1. The largest absolute Gasteiger partial charge is 0.497 e. The van der Waals surface area contributed by atoms with Crippen molar-refractivity contribution < 1.29 is 9.53 Å². The summed E-state index contributed by atoms with van der Waals surface area (Å²) in [5, 5.41) is 0. The molecule has 32 heavy (non-hydrogen) atoms. The summed E-state index contributed by atoms with van der Waals surface area (Å²) in [7, 11) is 1.69. The minimum absolute atomic E-state index is 0.178. The van der Waals surface area contributed by atoms with Gasteiger partial charge in [0.15, 0.2) is 5.78 Å². The van der Waals surface area contributed by atoms with E-state index >= 15 is 0 Å². The molecule has 0 spiro atoms. The zero-order valence-electron chi connectivity index (χ0n) is 19.3. The minimum atomic E-state index is -0.249. The van der Waals surface area contributed by atoms with Crippen LogP contribution in [0.25, 0.3) is 0 Å². The number of rotatable bonds is 7. The molecule has 166 valence electrons. The predicted octanol–water partition coefficient (Wildman–Crippen LogP) is 5.05. The fourth-order valence-corrected chi connectivity index (χ4v) is 4.32. The molecule has 0 amide bonds. The Balaban J connectivity index is 1.48. The molecule has 1 fully saturated rings. The topological polar surface area (TPSA) is 32.8 Å². The first-order valence-corrected chi connectivity index (χ1v) is 11.3. The van der Waals surface area contributed by atoms with Crippen molar-refractivity contribution in [2.75, 3.05) is 33.3 Å². The van der Waals surface area contributed by atoms with E-state index in [4.69, 9.17) is 4.74 Å². The number of nitrogens with zero attached hydrogens (tertiary/aromatic N) is 2. The molecule has 0 radical (unpaired) electrons. The highest BCUT2D eigenvalue weighted by atomic mass is 16.5. The SMILES string of the molecule is COc1ccc(CN2CCN(C(C(=O)c3ccc(C)cc3)c3ccc(C)cc3)CC2)cc1. The number of Topliss-reactive ketones (excluding diaryl/α,β-unsaturated/α-hetero) is 1. The van der Waals surface area contributed by atoms with Gasteiger partial charge in [0.2, 0.25) is 0 Å². The lowest BCUT2D eigenvalue weighted by Crippen LogP contribution is -2.48. The fourth-order valence-electron chi connectivity index (χ4n) is 4.32. The number of methoxy groups -OCH3 is 1. The van der Waals surface area contributed by atoms with Crippen molar-refractivity contribution >= 4 is 5.78 Å². The van der Waals surface area contributed by atoms with Crippen LogP contribution in [0.2, 0.25) is 0 Å². The van der Waals surface area contributed by atoms with Crippen molar-refractivity contribution in [1.29, 1.82) is 0 Å². The van der Waals surface area contributed by atoms with Crippen molar-refractivity contribution in [3.63, 3.8) is 0 Å². The summed E-state index contributed by atoms with van der Waals surface area (Å²) in [4.78, 5) is 18.4. The summed E-state index contributed by atoms with van der Waals surface area (Å²) in [6.45, 7) is 8.66. The molecule has 4 rings (SSSR count). The van der Waals surface area contributed by atoms with Crippen molar-refractivity contribution in [3.8, 4) is 5.75 Å². The van der Waals surface area contributed by atoms with Gasteiger partial charge >= 0.3 is 0 Å². The molecule has 4 nitrogen and oxygen atoms in total. The average molecular weight is 429 g/mol. The minimum Gasteiger partial charge on any atom is -0.497 e. The van der Waals surface area contributed by atoms with Gasteiger partial charge in [0, 0.05) is 38.3 Å². The van der Waals surface area contributed by atoms with E-state index in [0.717, 1.165) is 49.6 Å². The van der Waals surface area contributed by atoms with Gasteiger partial charge in [-0.3, -0.25) is 14.6 Å². The number of hydrogen-bond acceptors (Lipinski definition) is 4. The van der Waals surface area contributed by atoms with Crippen LogP contribution in [-0.4, -0.2) is 48.9 Å². The molecule has 0 aliphatic carbocycles. The Hall–Kier alpha value is -2.95. The Labute approximate surface area is 191 Å². The second-order valence-corrected chi connectivity index (χ2v) is 8.70. The van der Waals surface area contributed by atoms with E-state index in [-0.39, 0.29) is 11.8 Å². The lowest BCUT2D eigenvalue weighted by molar-refractivity contribution is 0.0650. The van der Waals surface area contributed by atoms with Gasteiger partial charge in [-0.25, -0.2) is 0 Å². The van der Waals surface area contributed by atoms with Crippen LogP contribution in [0, 0.1) is 13.8 Å². The smallest absolute Gasteiger partial charge is 0.184 e. The van der Waals surface area contributed by atoms with Crippen molar-refractivity contribution in [1.82, 2.24) is 9.80 Å². The molecule has 0 saturated carbocycles. The zero-order valence-corrected chi connectivity index (χ0v) is 19.3. The lowest BCUT2D eigenvalue weighted by Gasteiger charge is -2.39. The van der Waals surface area contributed by atoms with Crippen LogP contribution in [0.1, 0.15) is 38.7 Å². The van der Waals surface area contributed by atoms with E-state index in [1.165, 1.54) is 16.7 Å². The first-order chi connectivity index (χ1) is 15.5. The number of piperazine rings is 1. The first kappa shape index (κ1) is 22.3. The van der Waals surface area contributed by atoms with E-state index < -0.39 is 0 Å². The Morgan fingerprint density at radius 2 is 1.38 bits per heavy atom. The van der Waals surface area contributed by atoms with Crippen molar-refractivity contribution in [2.45, 2.75) is 26.4 Å². The molecule has 1 aliphatic rings.